The van der Waals surface area contributed by atoms with Gasteiger partial charge >= 0.3 is 0 Å². The van der Waals surface area contributed by atoms with Gasteiger partial charge in [0.15, 0.2) is 0 Å². The highest BCUT2D eigenvalue weighted by Gasteiger charge is 2.30. The lowest BCUT2D eigenvalue weighted by molar-refractivity contribution is -0.139. The largest absolute Gasteiger partial charge is 0.372 e. The number of amides is 1. The third kappa shape index (κ3) is 4.11. The Bertz CT molecular complexity index is 496. The van der Waals surface area contributed by atoms with Crippen LogP contribution in [0, 0.1) is 5.92 Å². The molecule has 3 rings (SSSR count). The third-order valence-corrected chi connectivity index (χ3v) is 5.32. The Morgan fingerprint density at radius 3 is 2.59 bits per heavy atom. The fourth-order valence-corrected chi connectivity index (χ4v) is 3.76. The number of benzene rings is 1. The van der Waals surface area contributed by atoms with Crippen molar-refractivity contribution in [1.29, 1.82) is 0 Å². The van der Waals surface area contributed by atoms with Gasteiger partial charge < -0.3 is 9.64 Å². The molecular weight excluding hydrogens is 342 g/mol. The van der Waals surface area contributed by atoms with Crippen molar-refractivity contribution in [1.82, 2.24) is 4.90 Å². The molecule has 2 aliphatic rings. The first-order valence-corrected chi connectivity index (χ1v) is 9.16. The molecule has 22 heavy (non-hydrogen) atoms. The SMILES string of the molecule is O=C(C1CCCC1)N1CCCC(OCc2ccc(Br)cc2)C1. The Morgan fingerprint density at radius 2 is 1.86 bits per heavy atom. The first kappa shape index (κ1) is 16.0. The molecule has 1 amide bonds. The number of hydrogen-bond donors (Lipinski definition) is 0. The number of hydrogen-bond acceptors (Lipinski definition) is 2. The van der Waals surface area contributed by atoms with Crippen molar-refractivity contribution in [3.05, 3.63) is 34.3 Å². The minimum Gasteiger partial charge on any atom is -0.372 e. The van der Waals surface area contributed by atoms with E-state index >= 15 is 0 Å². The van der Waals surface area contributed by atoms with E-state index in [9.17, 15) is 4.79 Å². The van der Waals surface area contributed by atoms with Crippen LogP contribution in [-0.2, 0) is 16.1 Å². The lowest BCUT2D eigenvalue weighted by Gasteiger charge is -2.34. The Labute approximate surface area is 141 Å². The molecule has 1 aromatic carbocycles. The summed E-state index contributed by atoms with van der Waals surface area (Å²) in [7, 11) is 0. The van der Waals surface area contributed by atoms with Gasteiger partial charge in [-0.25, -0.2) is 0 Å². The summed E-state index contributed by atoms with van der Waals surface area (Å²) in [4.78, 5) is 14.6. The Morgan fingerprint density at radius 1 is 1.14 bits per heavy atom. The summed E-state index contributed by atoms with van der Waals surface area (Å²) in [6, 6.07) is 8.23. The number of carbonyl (C=O) groups excluding carboxylic acids is 1. The van der Waals surface area contributed by atoms with Crippen molar-refractivity contribution in [3.63, 3.8) is 0 Å². The lowest BCUT2D eigenvalue weighted by atomic mass is 10.0. The average Bonchev–Trinajstić information content (AvgIpc) is 3.08. The van der Waals surface area contributed by atoms with Gasteiger partial charge in [-0.2, -0.15) is 0 Å². The van der Waals surface area contributed by atoms with Crippen LogP contribution in [0.5, 0.6) is 0 Å². The lowest BCUT2D eigenvalue weighted by Crippen LogP contribution is -2.45. The summed E-state index contributed by atoms with van der Waals surface area (Å²) < 4.78 is 7.13. The molecule has 1 saturated carbocycles. The van der Waals surface area contributed by atoms with Crippen LogP contribution in [-0.4, -0.2) is 30.0 Å². The van der Waals surface area contributed by atoms with Crippen molar-refractivity contribution in [3.8, 4) is 0 Å². The number of nitrogens with zero attached hydrogens (tertiary/aromatic N) is 1. The van der Waals surface area contributed by atoms with Crippen LogP contribution in [0.1, 0.15) is 44.1 Å². The molecule has 1 unspecified atom stereocenters. The summed E-state index contributed by atoms with van der Waals surface area (Å²) in [6.07, 6.45) is 6.90. The fourth-order valence-electron chi connectivity index (χ4n) is 3.50. The second kappa shape index (κ2) is 7.60. The predicted octanol–water partition coefficient (Wildman–Crippen LogP) is 4.15. The van der Waals surface area contributed by atoms with E-state index in [-0.39, 0.29) is 12.0 Å². The van der Waals surface area contributed by atoms with Gasteiger partial charge in [0.25, 0.3) is 0 Å². The summed E-state index contributed by atoms with van der Waals surface area (Å²) in [6.45, 7) is 2.31. The second-order valence-corrected chi connectivity index (χ2v) is 7.38. The number of carbonyl (C=O) groups is 1. The molecule has 1 aliphatic heterocycles. The highest BCUT2D eigenvalue weighted by atomic mass is 79.9. The van der Waals surface area contributed by atoms with Gasteiger partial charge in [0.05, 0.1) is 12.7 Å². The molecule has 0 bridgehead atoms. The first-order valence-electron chi connectivity index (χ1n) is 8.37. The normalized spacial score (nSPS) is 23.0. The molecule has 1 aliphatic carbocycles. The van der Waals surface area contributed by atoms with Gasteiger partial charge in [0.1, 0.15) is 0 Å². The first-order chi connectivity index (χ1) is 10.7. The molecule has 0 aromatic heterocycles. The monoisotopic (exact) mass is 365 g/mol. The van der Waals surface area contributed by atoms with Crippen molar-refractivity contribution in [2.75, 3.05) is 13.1 Å². The minimum absolute atomic E-state index is 0.183. The van der Waals surface area contributed by atoms with Crippen LogP contribution in [0.3, 0.4) is 0 Å². The molecule has 1 heterocycles. The van der Waals surface area contributed by atoms with Gasteiger partial charge in [-0.05, 0) is 43.4 Å². The Hall–Kier alpha value is -0.870. The summed E-state index contributed by atoms with van der Waals surface area (Å²) >= 11 is 3.44. The number of halogens is 1. The molecule has 0 spiro atoms. The van der Waals surface area contributed by atoms with Crippen molar-refractivity contribution < 1.29 is 9.53 Å². The van der Waals surface area contributed by atoms with Gasteiger partial charge in [0, 0.05) is 23.5 Å². The highest BCUT2D eigenvalue weighted by Crippen LogP contribution is 2.28. The summed E-state index contributed by atoms with van der Waals surface area (Å²) in [5, 5.41) is 0. The average molecular weight is 366 g/mol. The standard InChI is InChI=1S/C18H24BrNO2/c19-16-9-7-14(8-10-16)13-22-17-6-3-11-20(12-17)18(21)15-4-1-2-5-15/h7-10,15,17H,1-6,11-13H2. The molecule has 0 radical (unpaired) electrons. The summed E-state index contributed by atoms with van der Waals surface area (Å²) in [5.41, 5.74) is 1.18. The van der Waals surface area contributed by atoms with Gasteiger partial charge in [-0.1, -0.05) is 40.9 Å². The van der Waals surface area contributed by atoms with Crippen LogP contribution in [0.4, 0.5) is 0 Å². The van der Waals surface area contributed by atoms with Crippen LogP contribution in [0.25, 0.3) is 0 Å². The van der Waals surface area contributed by atoms with E-state index < -0.39 is 0 Å². The predicted molar refractivity (Wildman–Crippen MR) is 90.5 cm³/mol. The second-order valence-electron chi connectivity index (χ2n) is 6.47. The van der Waals surface area contributed by atoms with E-state index in [2.05, 4.69) is 28.1 Å². The van der Waals surface area contributed by atoms with E-state index in [0.717, 1.165) is 43.2 Å². The quantitative estimate of drug-likeness (QED) is 0.801. The molecule has 1 atom stereocenters. The zero-order chi connectivity index (χ0) is 15.4. The van der Waals surface area contributed by atoms with Crippen molar-refractivity contribution in [2.45, 2.75) is 51.2 Å². The number of rotatable bonds is 4. The zero-order valence-electron chi connectivity index (χ0n) is 13.0. The molecule has 2 fully saturated rings. The third-order valence-electron chi connectivity index (χ3n) is 4.79. The van der Waals surface area contributed by atoms with Crippen molar-refractivity contribution in [2.24, 2.45) is 5.92 Å². The van der Waals surface area contributed by atoms with Crippen LogP contribution < -0.4 is 0 Å². The molecule has 4 heteroatoms. The molecule has 3 nitrogen and oxygen atoms in total. The maximum atomic E-state index is 12.5. The van der Waals surface area contributed by atoms with Crippen LogP contribution >= 0.6 is 15.9 Å². The van der Waals surface area contributed by atoms with Gasteiger partial charge in [-0.3, -0.25) is 4.79 Å². The van der Waals surface area contributed by atoms with E-state index in [1.165, 1.54) is 18.4 Å². The molecule has 120 valence electrons. The maximum absolute atomic E-state index is 12.5. The highest BCUT2D eigenvalue weighted by molar-refractivity contribution is 9.10. The number of ether oxygens (including phenoxy) is 1. The maximum Gasteiger partial charge on any atom is 0.225 e. The van der Waals surface area contributed by atoms with Crippen molar-refractivity contribution >= 4 is 21.8 Å². The number of piperidine rings is 1. The smallest absolute Gasteiger partial charge is 0.225 e. The Balaban J connectivity index is 1.49. The molecule has 0 N–H and O–H groups in total. The molecule has 1 saturated heterocycles. The van der Waals surface area contributed by atoms with E-state index in [4.69, 9.17) is 4.74 Å². The molecular formula is C18H24BrNO2. The number of likely N-dealkylation sites (tertiary alicyclic amines) is 1. The topological polar surface area (TPSA) is 29.5 Å². The molecule has 1 aromatic rings. The van der Waals surface area contributed by atoms with Gasteiger partial charge in [-0.15, -0.1) is 0 Å². The van der Waals surface area contributed by atoms with E-state index in [1.807, 2.05) is 17.0 Å². The Kier molecular flexibility index (Phi) is 5.53. The minimum atomic E-state index is 0.183. The van der Waals surface area contributed by atoms with Crippen LogP contribution in [0.2, 0.25) is 0 Å². The van der Waals surface area contributed by atoms with Crippen LogP contribution in [0.15, 0.2) is 28.7 Å². The zero-order valence-corrected chi connectivity index (χ0v) is 14.6. The van der Waals surface area contributed by atoms with E-state index in [0.29, 0.717) is 12.5 Å². The van der Waals surface area contributed by atoms with Gasteiger partial charge in [0.2, 0.25) is 5.91 Å². The summed E-state index contributed by atoms with van der Waals surface area (Å²) in [5.74, 6) is 0.652. The van der Waals surface area contributed by atoms with E-state index in [1.54, 1.807) is 0 Å². The fraction of sp³-hybridized carbons (Fsp3) is 0.611.